The van der Waals surface area contributed by atoms with Gasteiger partial charge in [-0.15, -0.1) is 0 Å². The van der Waals surface area contributed by atoms with E-state index in [0.717, 1.165) is 47.1 Å². The molecule has 1 saturated heterocycles. The van der Waals surface area contributed by atoms with Crippen LogP contribution >= 0.6 is 11.6 Å². The molecule has 0 radical (unpaired) electrons. The van der Waals surface area contributed by atoms with Crippen molar-refractivity contribution in [3.63, 3.8) is 0 Å². The highest BCUT2D eigenvalue weighted by Crippen LogP contribution is 2.26. The lowest BCUT2D eigenvalue weighted by Gasteiger charge is -2.24. The van der Waals surface area contributed by atoms with Gasteiger partial charge in [0, 0.05) is 18.2 Å². The standard InChI is InChI=1S/C21H26ClNO4/c1-14-9-19(10-15(2)21(14)22)26-13-20(24)23(11-17-5-4-8-25-17)12-18-7-6-16(3)27-18/h6-7,9-10,17H,4-5,8,11-13H2,1-3H3. The molecule has 2 aromatic rings. The zero-order chi connectivity index (χ0) is 19.4. The van der Waals surface area contributed by atoms with Crippen LogP contribution in [-0.2, 0) is 16.1 Å². The normalized spacial score (nSPS) is 16.5. The lowest BCUT2D eigenvalue weighted by atomic mass is 10.1. The molecule has 0 N–H and O–H groups in total. The molecule has 1 aromatic carbocycles. The summed E-state index contributed by atoms with van der Waals surface area (Å²) >= 11 is 6.20. The van der Waals surface area contributed by atoms with Crippen molar-refractivity contribution in [1.29, 1.82) is 0 Å². The first-order valence-electron chi connectivity index (χ1n) is 9.26. The predicted molar refractivity (Wildman–Crippen MR) is 104 cm³/mol. The molecule has 146 valence electrons. The van der Waals surface area contributed by atoms with Crippen molar-refractivity contribution in [2.45, 2.75) is 46.3 Å². The number of hydrogen-bond acceptors (Lipinski definition) is 4. The Hall–Kier alpha value is -1.98. The van der Waals surface area contributed by atoms with Gasteiger partial charge in [-0.05, 0) is 69.0 Å². The molecule has 6 heteroatoms. The van der Waals surface area contributed by atoms with E-state index >= 15 is 0 Å². The van der Waals surface area contributed by atoms with E-state index in [1.54, 1.807) is 4.90 Å². The Balaban J connectivity index is 1.66. The lowest BCUT2D eigenvalue weighted by molar-refractivity contribution is -0.135. The highest BCUT2D eigenvalue weighted by atomic mass is 35.5. The van der Waals surface area contributed by atoms with E-state index in [9.17, 15) is 4.79 Å². The fourth-order valence-electron chi connectivity index (χ4n) is 3.27. The van der Waals surface area contributed by atoms with Crippen LogP contribution in [0.5, 0.6) is 5.75 Å². The van der Waals surface area contributed by atoms with Crippen LogP contribution in [0.1, 0.15) is 35.5 Å². The Bertz CT molecular complexity index is 772. The van der Waals surface area contributed by atoms with Crippen LogP contribution in [0.25, 0.3) is 0 Å². The van der Waals surface area contributed by atoms with Gasteiger partial charge < -0.3 is 18.8 Å². The molecule has 27 heavy (non-hydrogen) atoms. The Morgan fingerprint density at radius 3 is 2.59 bits per heavy atom. The molecular formula is C21H26ClNO4. The van der Waals surface area contributed by atoms with E-state index in [0.29, 0.717) is 18.8 Å². The largest absolute Gasteiger partial charge is 0.484 e. The summed E-state index contributed by atoms with van der Waals surface area (Å²) < 4.78 is 17.1. The van der Waals surface area contributed by atoms with Gasteiger partial charge >= 0.3 is 0 Å². The molecule has 1 unspecified atom stereocenters. The maximum atomic E-state index is 12.8. The van der Waals surface area contributed by atoms with Gasteiger partial charge in [0.15, 0.2) is 6.61 Å². The Labute approximate surface area is 165 Å². The number of rotatable bonds is 7. The van der Waals surface area contributed by atoms with Crippen LogP contribution < -0.4 is 4.74 Å². The Morgan fingerprint density at radius 1 is 1.26 bits per heavy atom. The topological polar surface area (TPSA) is 51.9 Å². The monoisotopic (exact) mass is 391 g/mol. The highest BCUT2D eigenvalue weighted by molar-refractivity contribution is 6.32. The maximum absolute atomic E-state index is 12.8. The van der Waals surface area contributed by atoms with Crippen LogP contribution in [0.15, 0.2) is 28.7 Å². The fraction of sp³-hybridized carbons (Fsp3) is 0.476. The van der Waals surface area contributed by atoms with E-state index in [-0.39, 0.29) is 18.6 Å². The number of ether oxygens (including phenoxy) is 2. The van der Waals surface area contributed by atoms with Crippen LogP contribution in [0.2, 0.25) is 5.02 Å². The van der Waals surface area contributed by atoms with Crippen LogP contribution in [0, 0.1) is 20.8 Å². The summed E-state index contributed by atoms with van der Waals surface area (Å²) in [7, 11) is 0. The summed E-state index contributed by atoms with van der Waals surface area (Å²) in [5.41, 5.74) is 1.86. The zero-order valence-corrected chi connectivity index (χ0v) is 16.8. The number of nitrogens with zero attached hydrogens (tertiary/aromatic N) is 1. The minimum absolute atomic E-state index is 0.0348. The number of benzene rings is 1. The van der Waals surface area contributed by atoms with Crippen molar-refractivity contribution < 1.29 is 18.7 Å². The molecule has 0 saturated carbocycles. The van der Waals surface area contributed by atoms with E-state index in [4.69, 9.17) is 25.5 Å². The number of halogens is 1. The summed E-state index contributed by atoms with van der Waals surface area (Å²) in [6.45, 7) is 7.42. The van der Waals surface area contributed by atoms with Gasteiger partial charge in [0.2, 0.25) is 0 Å². The molecule has 0 bridgehead atoms. The van der Waals surface area contributed by atoms with Crippen LogP contribution in [-0.4, -0.2) is 36.7 Å². The molecule has 1 atom stereocenters. The quantitative estimate of drug-likeness (QED) is 0.699. The smallest absolute Gasteiger partial charge is 0.261 e. The first kappa shape index (κ1) is 19.8. The minimum Gasteiger partial charge on any atom is -0.484 e. The second-order valence-corrected chi connectivity index (χ2v) is 7.46. The second kappa shape index (κ2) is 8.81. The van der Waals surface area contributed by atoms with Gasteiger partial charge in [-0.3, -0.25) is 4.79 Å². The number of aryl methyl sites for hydroxylation is 3. The van der Waals surface area contributed by atoms with Gasteiger partial charge in [-0.25, -0.2) is 0 Å². The van der Waals surface area contributed by atoms with E-state index in [1.807, 2.05) is 45.0 Å². The van der Waals surface area contributed by atoms with Crippen LogP contribution in [0.4, 0.5) is 0 Å². The molecular weight excluding hydrogens is 366 g/mol. The first-order valence-corrected chi connectivity index (χ1v) is 9.64. The highest BCUT2D eigenvalue weighted by Gasteiger charge is 2.24. The second-order valence-electron chi connectivity index (χ2n) is 7.08. The molecule has 1 aliphatic heterocycles. The molecule has 3 rings (SSSR count). The van der Waals surface area contributed by atoms with Crippen molar-refractivity contribution in [3.05, 3.63) is 51.9 Å². The third-order valence-corrected chi connectivity index (χ3v) is 5.31. The molecule has 1 fully saturated rings. The van der Waals surface area contributed by atoms with Gasteiger partial charge in [0.25, 0.3) is 5.91 Å². The average molecular weight is 392 g/mol. The number of furan rings is 1. The van der Waals surface area contributed by atoms with E-state index < -0.39 is 0 Å². The molecule has 2 heterocycles. The summed E-state index contributed by atoms with van der Waals surface area (Å²) in [4.78, 5) is 14.6. The molecule has 0 aliphatic carbocycles. The molecule has 1 amide bonds. The van der Waals surface area contributed by atoms with Crippen molar-refractivity contribution in [2.75, 3.05) is 19.8 Å². The van der Waals surface area contributed by atoms with Gasteiger partial charge in [0.05, 0.1) is 12.6 Å². The summed E-state index contributed by atoms with van der Waals surface area (Å²) in [6.07, 6.45) is 2.08. The average Bonchev–Trinajstić information content (AvgIpc) is 3.28. The fourth-order valence-corrected chi connectivity index (χ4v) is 3.38. The lowest BCUT2D eigenvalue weighted by Crippen LogP contribution is -2.39. The SMILES string of the molecule is Cc1ccc(CN(CC2CCCO2)C(=O)COc2cc(C)c(Cl)c(C)c2)o1. The number of carbonyl (C=O) groups excluding carboxylic acids is 1. The predicted octanol–water partition coefficient (Wildman–Crippen LogP) is 4.44. The van der Waals surface area contributed by atoms with Crippen molar-refractivity contribution in [3.8, 4) is 5.75 Å². The molecule has 5 nitrogen and oxygen atoms in total. The summed E-state index contributed by atoms with van der Waals surface area (Å²) in [6, 6.07) is 7.50. The number of hydrogen-bond donors (Lipinski definition) is 0. The van der Waals surface area contributed by atoms with Crippen molar-refractivity contribution in [2.24, 2.45) is 0 Å². The third kappa shape index (κ3) is 5.27. The summed E-state index contributed by atoms with van der Waals surface area (Å²) in [5, 5.41) is 0.724. The van der Waals surface area contributed by atoms with Gasteiger partial charge in [-0.1, -0.05) is 11.6 Å². The van der Waals surface area contributed by atoms with Gasteiger partial charge in [0.1, 0.15) is 17.3 Å². The van der Waals surface area contributed by atoms with Gasteiger partial charge in [-0.2, -0.15) is 0 Å². The minimum atomic E-state index is -0.0928. The zero-order valence-electron chi connectivity index (χ0n) is 16.1. The molecule has 0 spiro atoms. The number of carbonyl (C=O) groups is 1. The first-order chi connectivity index (χ1) is 12.9. The Morgan fingerprint density at radius 2 is 2.00 bits per heavy atom. The van der Waals surface area contributed by atoms with Crippen molar-refractivity contribution in [1.82, 2.24) is 4.90 Å². The molecule has 1 aromatic heterocycles. The van der Waals surface area contributed by atoms with E-state index in [1.165, 1.54) is 0 Å². The maximum Gasteiger partial charge on any atom is 0.261 e. The number of amides is 1. The third-order valence-electron chi connectivity index (χ3n) is 4.72. The Kier molecular flexibility index (Phi) is 6.45. The molecule has 1 aliphatic rings. The van der Waals surface area contributed by atoms with Crippen molar-refractivity contribution >= 4 is 17.5 Å². The van der Waals surface area contributed by atoms with Crippen LogP contribution in [0.3, 0.4) is 0 Å². The summed E-state index contributed by atoms with van der Waals surface area (Å²) in [5.74, 6) is 2.15. The van der Waals surface area contributed by atoms with E-state index in [2.05, 4.69) is 0 Å².